The van der Waals surface area contributed by atoms with Gasteiger partial charge in [-0.3, -0.25) is 9.63 Å². The van der Waals surface area contributed by atoms with Crippen molar-refractivity contribution < 1.29 is 14.4 Å². The monoisotopic (exact) mass is 302 g/mol. The summed E-state index contributed by atoms with van der Waals surface area (Å²) < 4.78 is 9.42. The summed E-state index contributed by atoms with van der Waals surface area (Å²) in [6.45, 7) is 6.62. The van der Waals surface area contributed by atoms with Gasteiger partial charge in [0.2, 0.25) is 5.13 Å². The van der Waals surface area contributed by atoms with Gasteiger partial charge in [-0.25, -0.2) is 5.43 Å². The zero-order valence-electron chi connectivity index (χ0n) is 12.2. The van der Waals surface area contributed by atoms with Gasteiger partial charge in [-0.05, 0) is 12.8 Å². The molecule has 0 aliphatic heterocycles. The maximum absolute atomic E-state index is 11.4. The summed E-state index contributed by atoms with van der Waals surface area (Å²) in [6, 6.07) is 0.322. The van der Waals surface area contributed by atoms with Gasteiger partial charge in [-0.2, -0.15) is 4.98 Å². The van der Waals surface area contributed by atoms with E-state index in [1.54, 1.807) is 0 Å². The van der Waals surface area contributed by atoms with E-state index in [9.17, 15) is 4.79 Å². The van der Waals surface area contributed by atoms with E-state index < -0.39 is 0 Å². The van der Waals surface area contributed by atoms with Crippen molar-refractivity contribution in [1.82, 2.24) is 14.5 Å². The van der Waals surface area contributed by atoms with Crippen molar-refractivity contribution in [3.63, 3.8) is 0 Å². The number of nitrogens with zero attached hydrogens (tertiary/aromatic N) is 3. The van der Waals surface area contributed by atoms with Gasteiger partial charge in [-0.15, -0.1) is 9.55 Å². The third-order valence-corrected chi connectivity index (χ3v) is 2.94. The molecule has 114 valence electrons. The van der Waals surface area contributed by atoms with Gasteiger partial charge in [0.15, 0.2) is 0 Å². The molecule has 0 atom stereocenters. The van der Waals surface area contributed by atoms with Crippen LogP contribution in [-0.4, -0.2) is 33.7 Å². The molecule has 0 radical (unpaired) electrons. The lowest BCUT2D eigenvalue weighted by molar-refractivity contribution is -0.176. The van der Waals surface area contributed by atoms with Crippen molar-refractivity contribution in [2.24, 2.45) is 0 Å². The summed E-state index contributed by atoms with van der Waals surface area (Å²) >= 11 is 1.12. The molecular formula is C12H22N4O3S. The van der Waals surface area contributed by atoms with Crippen LogP contribution in [0.1, 0.15) is 46.5 Å². The molecule has 0 aliphatic rings. The van der Waals surface area contributed by atoms with Gasteiger partial charge in [0.1, 0.15) is 0 Å². The van der Waals surface area contributed by atoms with Crippen LogP contribution < -0.4 is 10.2 Å². The first kappa shape index (κ1) is 16.6. The first-order valence-electron chi connectivity index (χ1n) is 6.84. The lowest BCUT2D eigenvalue weighted by Crippen LogP contribution is -2.34. The third kappa shape index (κ3) is 6.16. The number of ether oxygens (including phenoxy) is 1. The number of hydrogen-bond donors (Lipinski definition) is 1. The lowest BCUT2D eigenvalue weighted by atomic mass is 10.4. The number of aromatic nitrogens is 2. The Bertz CT molecular complexity index is 400. The predicted octanol–water partition coefficient (Wildman–Crippen LogP) is 2.62. The van der Waals surface area contributed by atoms with Crippen LogP contribution in [0.15, 0.2) is 0 Å². The largest absolute Gasteiger partial charge is 0.463 e. The third-order valence-electron chi connectivity index (χ3n) is 2.34. The Hall–Kier alpha value is -1.41. The molecule has 0 fully saturated rings. The minimum absolute atomic E-state index is 0.246. The highest BCUT2D eigenvalue weighted by molar-refractivity contribution is 7.09. The molecule has 1 amide bonds. The van der Waals surface area contributed by atoms with Crippen molar-refractivity contribution in [3.05, 3.63) is 0 Å². The second-order valence-corrected chi connectivity index (χ2v) is 4.95. The highest BCUT2D eigenvalue weighted by atomic mass is 32.1. The van der Waals surface area contributed by atoms with E-state index in [0.29, 0.717) is 24.4 Å². The minimum atomic E-state index is -0.246. The number of anilines is 1. The molecule has 1 aromatic heterocycles. The molecule has 0 aliphatic carbocycles. The molecular weight excluding hydrogens is 280 g/mol. The summed E-state index contributed by atoms with van der Waals surface area (Å²) in [5, 5.41) is 1.54. The average Bonchev–Trinajstić information content (AvgIpc) is 2.86. The number of rotatable bonds is 10. The van der Waals surface area contributed by atoms with E-state index in [-0.39, 0.29) is 5.91 Å². The minimum Gasteiger partial charge on any atom is -0.463 e. The summed E-state index contributed by atoms with van der Waals surface area (Å²) in [5.41, 5.74) is 2.77. The predicted molar refractivity (Wildman–Crippen MR) is 77.3 cm³/mol. The van der Waals surface area contributed by atoms with Crippen molar-refractivity contribution in [2.75, 3.05) is 18.6 Å². The van der Waals surface area contributed by atoms with E-state index in [1.165, 1.54) is 6.92 Å². The van der Waals surface area contributed by atoms with Crippen LogP contribution >= 0.6 is 11.5 Å². The molecule has 20 heavy (non-hydrogen) atoms. The summed E-state index contributed by atoms with van der Waals surface area (Å²) in [5.74, 6) is -0.246. The zero-order valence-corrected chi connectivity index (χ0v) is 13.0. The molecule has 0 aromatic carbocycles. The maximum atomic E-state index is 11.4. The van der Waals surface area contributed by atoms with E-state index in [4.69, 9.17) is 9.57 Å². The standard InChI is InChI=1S/C12H22N4O3S/c1-4-6-8-18-11-13-12(20-15-11)14-16(10(3)17)19-9-7-5-2/h4-9H2,1-3H3,(H,13,14,15). The molecule has 1 N–H and O–H groups in total. The van der Waals surface area contributed by atoms with Crippen LogP contribution in [0.25, 0.3) is 0 Å². The molecule has 0 saturated heterocycles. The van der Waals surface area contributed by atoms with Crippen LogP contribution in [0.5, 0.6) is 6.01 Å². The fourth-order valence-corrected chi connectivity index (χ4v) is 1.71. The summed E-state index contributed by atoms with van der Waals surface area (Å²) in [7, 11) is 0. The Morgan fingerprint density at radius 1 is 1.30 bits per heavy atom. The normalized spacial score (nSPS) is 10.3. The molecule has 1 rings (SSSR count). The first-order chi connectivity index (χ1) is 9.67. The molecule has 0 saturated carbocycles. The number of unbranched alkanes of at least 4 members (excludes halogenated alkanes) is 2. The summed E-state index contributed by atoms with van der Waals surface area (Å²) in [4.78, 5) is 20.9. The molecule has 8 heteroatoms. The highest BCUT2D eigenvalue weighted by Crippen LogP contribution is 2.17. The Morgan fingerprint density at radius 2 is 2.00 bits per heavy atom. The van der Waals surface area contributed by atoms with Crippen molar-refractivity contribution in [2.45, 2.75) is 46.5 Å². The van der Waals surface area contributed by atoms with Gasteiger partial charge in [-0.1, -0.05) is 26.7 Å². The number of nitrogens with one attached hydrogen (secondary N) is 1. The SMILES string of the molecule is CCCCOc1nsc(NN(OCCCC)C(C)=O)n1. The van der Waals surface area contributed by atoms with E-state index in [1.807, 2.05) is 0 Å². The Morgan fingerprint density at radius 3 is 2.65 bits per heavy atom. The molecule has 7 nitrogen and oxygen atoms in total. The molecule has 0 spiro atoms. The number of amides is 1. The van der Waals surface area contributed by atoms with Crippen molar-refractivity contribution in [1.29, 1.82) is 0 Å². The number of hydrazine groups is 1. The molecule has 0 unspecified atom stereocenters. The highest BCUT2D eigenvalue weighted by Gasteiger charge is 2.13. The van der Waals surface area contributed by atoms with Crippen LogP contribution in [-0.2, 0) is 9.63 Å². The fourth-order valence-electron chi connectivity index (χ4n) is 1.21. The molecule has 1 aromatic rings. The van der Waals surface area contributed by atoms with Crippen LogP contribution in [0.3, 0.4) is 0 Å². The molecule has 0 bridgehead atoms. The number of hydroxylamine groups is 1. The van der Waals surface area contributed by atoms with Crippen molar-refractivity contribution in [3.8, 4) is 6.01 Å². The van der Waals surface area contributed by atoms with Gasteiger partial charge in [0.25, 0.3) is 5.91 Å². The Labute approximate surface area is 123 Å². The van der Waals surface area contributed by atoms with Gasteiger partial charge < -0.3 is 4.74 Å². The smallest absolute Gasteiger partial charge is 0.330 e. The average molecular weight is 302 g/mol. The number of hydrogen-bond acceptors (Lipinski definition) is 7. The Balaban J connectivity index is 2.45. The van der Waals surface area contributed by atoms with Gasteiger partial charge >= 0.3 is 6.01 Å². The van der Waals surface area contributed by atoms with Crippen LogP contribution in [0.4, 0.5) is 5.13 Å². The van der Waals surface area contributed by atoms with Crippen LogP contribution in [0.2, 0.25) is 0 Å². The van der Waals surface area contributed by atoms with E-state index in [0.717, 1.165) is 42.4 Å². The topological polar surface area (TPSA) is 76.6 Å². The lowest BCUT2D eigenvalue weighted by Gasteiger charge is -2.19. The van der Waals surface area contributed by atoms with Crippen molar-refractivity contribution >= 4 is 22.6 Å². The second kappa shape index (κ2) is 9.49. The Kier molecular flexibility index (Phi) is 7.89. The quantitative estimate of drug-likeness (QED) is 0.529. The number of carbonyl (C=O) groups is 1. The molecule has 1 heterocycles. The fraction of sp³-hybridized carbons (Fsp3) is 0.750. The summed E-state index contributed by atoms with van der Waals surface area (Å²) in [6.07, 6.45) is 3.90. The maximum Gasteiger partial charge on any atom is 0.330 e. The van der Waals surface area contributed by atoms with Gasteiger partial charge in [0.05, 0.1) is 13.2 Å². The van der Waals surface area contributed by atoms with E-state index >= 15 is 0 Å². The first-order valence-corrected chi connectivity index (χ1v) is 7.61. The van der Waals surface area contributed by atoms with E-state index in [2.05, 4.69) is 28.6 Å². The second-order valence-electron chi connectivity index (χ2n) is 4.20. The van der Waals surface area contributed by atoms with Gasteiger partial charge in [0, 0.05) is 18.5 Å². The van der Waals surface area contributed by atoms with Crippen LogP contribution in [0, 0.1) is 0 Å². The zero-order chi connectivity index (χ0) is 14.8. The number of carbonyl (C=O) groups excluding carboxylic acids is 1.